The molecule has 7 rings (SSSR count). The van der Waals surface area contributed by atoms with E-state index in [1.165, 1.54) is 24.8 Å². The van der Waals surface area contributed by atoms with E-state index in [4.69, 9.17) is 4.42 Å². The van der Waals surface area contributed by atoms with Crippen molar-refractivity contribution >= 4 is 16.8 Å². The lowest BCUT2D eigenvalue weighted by Crippen LogP contribution is -2.60. The van der Waals surface area contributed by atoms with Gasteiger partial charge in [0.2, 0.25) is 0 Å². The van der Waals surface area contributed by atoms with Crippen LogP contribution >= 0.6 is 0 Å². The molecule has 2 heterocycles. The Morgan fingerprint density at radius 3 is 2.68 bits per heavy atom. The molecule has 1 aromatic carbocycles. The van der Waals surface area contributed by atoms with Gasteiger partial charge in [0, 0.05) is 23.8 Å². The first-order chi connectivity index (χ1) is 16.4. The Morgan fingerprint density at radius 2 is 1.79 bits per heavy atom. The van der Waals surface area contributed by atoms with Crippen LogP contribution in [-0.4, -0.2) is 12.3 Å². The first-order valence-electron chi connectivity index (χ1n) is 13.7. The number of hydrogen-bond donors (Lipinski definition) is 1. The molecule has 5 unspecified atom stereocenters. The first kappa shape index (κ1) is 21.4. The Labute approximate surface area is 201 Å². The number of rotatable bonds is 0. The molecule has 0 radical (unpaired) electrons. The smallest absolute Gasteiger partial charge is 0.341 e. The van der Waals surface area contributed by atoms with Gasteiger partial charge in [-0.1, -0.05) is 32.0 Å². The molecule has 34 heavy (non-hydrogen) atoms. The molecule has 4 nitrogen and oxygen atoms in total. The van der Waals surface area contributed by atoms with Gasteiger partial charge in [-0.2, -0.15) is 0 Å². The third-order valence-corrected chi connectivity index (χ3v) is 11.7. The SMILES string of the molecule is C[C@]12CCC3(CC1CCC1C2CC[C@]2(C)C(=O)CCC12)NCCc1c3c(=O)oc2ccccc12. The number of carbonyl (C=O) groups excluding carboxylic acids is 1. The molecule has 0 saturated heterocycles. The lowest BCUT2D eigenvalue weighted by molar-refractivity contribution is -0.142. The van der Waals surface area contributed by atoms with Crippen molar-refractivity contribution in [3.8, 4) is 0 Å². The molecule has 2 aromatic rings. The lowest BCUT2D eigenvalue weighted by atomic mass is 9.43. The minimum Gasteiger partial charge on any atom is -0.422 e. The summed E-state index contributed by atoms with van der Waals surface area (Å²) in [6, 6.07) is 8.05. The van der Waals surface area contributed by atoms with Gasteiger partial charge < -0.3 is 9.73 Å². The second-order valence-corrected chi connectivity index (χ2v) is 12.8. The van der Waals surface area contributed by atoms with Crippen molar-refractivity contribution < 1.29 is 9.21 Å². The highest BCUT2D eigenvalue weighted by Crippen LogP contribution is 2.67. The monoisotopic (exact) mass is 459 g/mol. The predicted molar refractivity (Wildman–Crippen MR) is 133 cm³/mol. The van der Waals surface area contributed by atoms with Crippen LogP contribution in [0.1, 0.15) is 82.8 Å². The molecule has 4 aliphatic carbocycles. The molecule has 7 atom stereocenters. The summed E-state index contributed by atoms with van der Waals surface area (Å²) >= 11 is 0. The van der Waals surface area contributed by atoms with Gasteiger partial charge in [0.05, 0.1) is 11.1 Å². The third kappa shape index (κ3) is 2.64. The van der Waals surface area contributed by atoms with E-state index in [2.05, 4.69) is 31.3 Å². The fraction of sp³-hybridized carbons (Fsp3) is 0.667. The van der Waals surface area contributed by atoms with Crippen molar-refractivity contribution in [2.45, 2.75) is 83.6 Å². The van der Waals surface area contributed by atoms with Crippen LogP contribution in [0.5, 0.6) is 0 Å². The van der Waals surface area contributed by atoms with Crippen molar-refractivity contribution in [1.29, 1.82) is 0 Å². The minimum atomic E-state index is -0.248. The summed E-state index contributed by atoms with van der Waals surface area (Å²) in [6.07, 6.45) is 10.8. The van der Waals surface area contributed by atoms with E-state index in [-0.39, 0.29) is 16.6 Å². The standard InChI is InChI=1S/C30H37NO3/c1-28-14-15-30(26-20(12-16-31-30)19-5-3-4-6-24(19)34-27(26)33)17-18(28)7-8-21-22-9-10-25(32)29(22,2)13-11-23(21)28/h3-6,18,21-23,31H,7-17H2,1-2H3/t18?,21?,22?,23?,28-,29-,30?/m0/s1. The van der Waals surface area contributed by atoms with Gasteiger partial charge in [0.1, 0.15) is 11.4 Å². The molecule has 0 bridgehead atoms. The van der Waals surface area contributed by atoms with E-state index >= 15 is 0 Å². The zero-order valence-corrected chi connectivity index (χ0v) is 20.6. The van der Waals surface area contributed by atoms with Crippen LogP contribution in [0.25, 0.3) is 11.0 Å². The number of Topliss-reactive ketones (excluding diaryl/α,β-unsaturated/α-hetero) is 1. The predicted octanol–water partition coefficient (Wildman–Crippen LogP) is 5.75. The summed E-state index contributed by atoms with van der Waals surface area (Å²) in [6.45, 7) is 5.77. The maximum absolute atomic E-state index is 13.4. The van der Waals surface area contributed by atoms with Crippen LogP contribution in [0.15, 0.2) is 33.5 Å². The van der Waals surface area contributed by atoms with Crippen molar-refractivity contribution in [3.05, 3.63) is 45.8 Å². The minimum absolute atomic E-state index is 0.0515. The molecule has 1 spiro atoms. The Hall–Kier alpha value is -1.94. The summed E-state index contributed by atoms with van der Waals surface area (Å²) in [7, 11) is 0. The fourth-order valence-electron chi connectivity index (χ4n) is 9.90. The highest BCUT2D eigenvalue weighted by Gasteiger charge is 2.62. The number of ketones is 1. The summed E-state index contributed by atoms with van der Waals surface area (Å²) < 4.78 is 5.88. The molecule has 4 saturated carbocycles. The molecule has 4 heteroatoms. The molecule has 1 aromatic heterocycles. The van der Waals surface area contributed by atoms with E-state index in [0.29, 0.717) is 29.0 Å². The quantitative estimate of drug-likeness (QED) is 0.510. The lowest BCUT2D eigenvalue weighted by Gasteiger charge is -2.62. The average molecular weight is 460 g/mol. The van der Waals surface area contributed by atoms with Crippen LogP contribution in [0.3, 0.4) is 0 Å². The highest BCUT2D eigenvalue weighted by atomic mass is 16.4. The zero-order chi connectivity index (χ0) is 23.3. The van der Waals surface area contributed by atoms with Gasteiger partial charge in [-0.3, -0.25) is 4.79 Å². The Balaban J connectivity index is 1.25. The van der Waals surface area contributed by atoms with Crippen LogP contribution in [-0.2, 0) is 16.8 Å². The molecule has 180 valence electrons. The van der Waals surface area contributed by atoms with Gasteiger partial charge >= 0.3 is 5.63 Å². The maximum Gasteiger partial charge on any atom is 0.341 e. The summed E-state index contributed by atoms with van der Waals surface area (Å²) in [5, 5.41) is 4.98. The van der Waals surface area contributed by atoms with Crippen LogP contribution in [0, 0.1) is 34.5 Å². The molecule has 4 fully saturated rings. The van der Waals surface area contributed by atoms with Gasteiger partial charge in [-0.15, -0.1) is 0 Å². The number of nitrogens with one attached hydrogen (secondary N) is 1. The molecule has 1 aliphatic heterocycles. The molecule has 1 N–H and O–H groups in total. The normalized spacial score (nSPS) is 43.3. The van der Waals surface area contributed by atoms with E-state index in [0.717, 1.165) is 73.9 Å². The molecule has 5 aliphatic rings. The Morgan fingerprint density at radius 1 is 0.941 bits per heavy atom. The largest absolute Gasteiger partial charge is 0.422 e. The number of para-hydroxylation sites is 1. The Kier molecular flexibility index (Phi) is 4.43. The first-order valence-corrected chi connectivity index (χ1v) is 13.7. The number of fused-ring (bicyclic) bond motifs is 9. The van der Waals surface area contributed by atoms with E-state index < -0.39 is 0 Å². The molecule has 0 amide bonds. The average Bonchev–Trinajstić information content (AvgIpc) is 3.14. The topological polar surface area (TPSA) is 59.3 Å². The van der Waals surface area contributed by atoms with Gasteiger partial charge in [0.15, 0.2) is 0 Å². The fourth-order valence-corrected chi connectivity index (χ4v) is 9.90. The van der Waals surface area contributed by atoms with Gasteiger partial charge in [-0.25, -0.2) is 4.79 Å². The maximum atomic E-state index is 13.4. The van der Waals surface area contributed by atoms with Gasteiger partial charge in [-0.05, 0) is 98.5 Å². The number of hydrogen-bond acceptors (Lipinski definition) is 4. The van der Waals surface area contributed by atoms with Crippen LogP contribution in [0.2, 0.25) is 0 Å². The molecular formula is C30H37NO3. The van der Waals surface area contributed by atoms with Crippen molar-refractivity contribution in [3.63, 3.8) is 0 Å². The third-order valence-electron chi connectivity index (χ3n) is 11.7. The van der Waals surface area contributed by atoms with Crippen molar-refractivity contribution in [1.82, 2.24) is 5.32 Å². The van der Waals surface area contributed by atoms with E-state index in [1.54, 1.807) is 0 Å². The summed E-state index contributed by atoms with van der Waals surface area (Å²) in [5.74, 6) is 3.19. The van der Waals surface area contributed by atoms with Crippen molar-refractivity contribution in [2.24, 2.45) is 34.5 Å². The van der Waals surface area contributed by atoms with E-state index in [1.807, 2.05) is 12.1 Å². The van der Waals surface area contributed by atoms with Crippen LogP contribution < -0.4 is 10.9 Å². The highest BCUT2D eigenvalue weighted by molar-refractivity contribution is 5.87. The van der Waals surface area contributed by atoms with Gasteiger partial charge in [0.25, 0.3) is 0 Å². The van der Waals surface area contributed by atoms with Crippen molar-refractivity contribution in [2.75, 3.05) is 6.54 Å². The van der Waals surface area contributed by atoms with E-state index in [9.17, 15) is 9.59 Å². The second-order valence-electron chi connectivity index (χ2n) is 12.8. The second kappa shape index (κ2) is 7.06. The molecular weight excluding hydrogens is 422 g/mol. The Bertz CT molecular complexity index is 1250. The zero-order valence-electron chi connectivity index (χ0n) is 20.6. The summed E-state index contributed by atoms with van der Waals surface area (Å²) in [5.41, 5.74) is 2.76. The summed E-state index contributed by atoms with van der Waals surface area (Å²) in [4.78, 5) is 26.1. The van der Waals surface area contributed by atoms with Crippen LogP contribution in [0.4, 0.5) is 0 Å². The number of benzene rings is 1. The number of carbonyl (C=O) groups is 1.